The summed E-state index contributed by atoms with van der Waals surface area (Å²) >= 11 is 0. The summed E-state index contributed by atoms with van der Waals surface area (Å²) in [5.74, 6) is 0. The van der Waals surface area contributed by atoms with Crippen molar-refractivity contribution in [3.8, 4) is 0 Å². The van der Waals surface area contributed by atoms with Gasteiger partial charge in [0.2, 0.25) is 0 Å². The lowest BCUT2D eigenvalue weighted by atomic mass is 9.45. The minimum absolute atomic E-state index is 0.298. The van der Waals surface area contributed by atoms with Crippen molar-refractivity contribution in [1.29, 1.82) is 0 Å². The minimum Gasteiger partial charge on any atom is -0.435 e. The first-order chi connectivity index (χ1) is 6.61. The van der Waals surface area contributed by atoms with Gasteiger partial charge in [0, 0.05) is 6.61 Å². The molecule has 0 amide bonds. The quantitative estimate of drug-likeness (QED) is 0.602. The van der Waals surface area contributed by atoms with E-state index in [2.05, 4.69) is 26.1 Å². The summed E-state index contributed by atoms with van der Waals surface area (Å²) in [6, 6.07) is 0. The topological polar surface area (TPSA) is 21.3 Å². The van der Waals surface area contributed by atoms with Gasteiger partial charge < -0.3 is 9.97 Å². The predicted molar refractivity (Wildman–Crippen MR) is 62.9 cm³/mol. The SMILES string of the molecule is CC(C)(C)B1CCCCNCCCO1. The molecular weight excluding hydrogens is 173 g/mol. The maximum Gasteiger partial charge on any atom is 0.298 e. The van der Waals surface area contributed by atoms with Gasteiger partial charge in [0.05, 0.1) is 0 Å². The first-order valence-corrected chi connectivity index (χ1v) is 5.93. The number of hydrogen-bond donors (Lipinski definition) is 1. The Balaban J connectivity index is 2.38. The van der Waals surface area contributed by atoms with Crippen LogP contribution in [-0.2, 0) is 4.65 Å². The Bertz CT molecular complexity index is 146. The fraction of sp³-hybridized carbons (Fsp3) is 1.00. The Morgan fingerprint density at radius 3 is 2.50 bits per heavy atom. The highest BCUT2D eigenvalue weighted by Crippen LogP contribution is 2.31. The molecular formula is C11H24BNO. The molecule has 0 saturated carbocycles. The van der Waals surface area contributed by atoms with Crippen molar-refractivity contribution < 1.29 is 4.65 Å². The van der Waals surface area contributed by atoms with Crippen LogP contribution in [0.4, 0.5) is 0 Å². The molecule has 0 aromatic heterocycles. The second-order valence-electron chi connectivity index (χ2n) is 5.32. The molecule has 1 fully saturated rings. The van der Waals surface area contributed by atoms with Crippen LogP contribution in [0.2, 0.25) is 11.6 Å². The van der Waals surface area contributed by atoms with E-state index in [1.165, 1.54) is 25.7 Å². The third-order valence-electron chi connectivity index (χ3n) is 2.85. The maximum absolute atomic E-state index is 5.94. The molecule has 1 aliphatic rings. The van der Waals surface area contributed by atoms with Crippen molar-refractivity contribution in [3.63, 3.8) is 0 Å². The Kier molecular flexibility index (Phi) is 4.97. The van der Waals surface area contributed by atoms with Gasteiger partial charge in [-0.3, -0.25) is 0 Å². The zero-order chi connectivity index (χ0) is 10.4. The van der Waals surface area contributed by atoms with Gasteiger partial charge in [-0.15, -0.1) is 0 Å². The van der Waals surface area contributed by atoms with E-state index in [1.807, 2.05) is 0 Å². The molecule has 0 radical (unpaired) electrons. The van der Waals surface area contributed by atoms with Crippen molar-refractivity contribution in [2.24, 2.45) is 0 Å². The molecule has 1 aliphatic heterocycles. The third kappa shape index (κ3) is 4.47. The van der Waals surface area contributed by atoms with Crippen LogP contribution in [0.25, 0.3) is 0 Å². The monoisotopic (exact) mass is 197 g/mol. The Morgan fingerprint density at radius 1 is 1.07 bits per heavy atom. The van der Waals surface area contributed by atoms with Gasteiger partial charge in [-0.25, -0.2) is 0 Å². The lowest BCUT2D eigenvalue weighted by Crippen LogP contribution is -2.32. The third-order valence-corrected chi connectivity index (χ3v) is 2.85. The summed E-state index contributed by atoms with van der Waals surface area (Å²) in [6.07, 6.45) is 4.93. The van der Waals surface area contributed by atoms with E-state index in [4.69, 9.17) is 4.65 Å². The molecule has 0 aromatic carbocycles. The van der Waals surface area contributed by atoms with Gasteiger partial charge in [-0.2, -0.15) is 0 Å². The second-order valence-corrected chi connectivity index (χ2v) is 5.32. The average Bonchev–Trinajstić information content (AvgIpc) is 2.12. The molecule has 14 heavy (non-hydrogen) atoms. The highest BCUT2D eigenvalue weighted by molar-refractivity contribution is 6.55. The lowest BCUT2D eigenvalue weighted by molar-refractivity contribution is 0.288. The first kappa shape index (κ1) is 12.1. The molecule has 0 atom stereocenters. The molecule has 0 unspecified atom stereocenters. The summed E-state index contributed by atoms with van der Waals surface area (Å²) in [5, 5.41) is 3.73. The fourth-order valence-corrected chi connectivity index (χ4v) is 1.89. The predicted octanol–water partition coefficient (Wildman–Crippen LogP) is 2.57. The Labute approximate surface area is 88.9 Å². The molecule has 1 rings (SSSR count). The summed E-state index contributed by atoms with van der Waals surface area (Å²) < 4.78 is 5.94. The van der Waals surface area contributed by atoms with E-state index in [0.717, 1.165) is 19.6 Å². The van der Waals surface area contributed by atoms with Crippen LogP contribution in [0.5, 0.6) is 0 Å². The first-order valence-electron chi connectivity index (χ1n) is 5.93. The van der Waals surface area contributed by atoms with Crippen molar-refractivity contribution in [2.75, 3.05) is 19.7 Å². The maximum atomic E-state index is 5.94. The largest absolute Gasteiger partial charge is 0.435 e. The normalized spacial score (nSPS) is 22.1. The smallest absolute Gasteiger partial charge is 0.298 e. The molecule has 3 heteroatoms. The van der Waals surface area contributed by atoms with Crippen LogP contribution >= 0.6 is 0 Å². The van der Waals surface area contributed by atoms with Crippen LogP contribution in [0, 0.1) is 0 Å². The van der Waals surface area contributed by atoms with Gasteiger partial charge in [0.15, 0.2) is 0 Å². The average molecular weight is 197 g/mol. The van der Waals surface area contributed by atoms with E-state index in [0.29, 0.717) is 12.2 Å². The van der Waals surface area contributed by atoms with Gasteiger partial charge in [-0.05, 0) is 37.6 Å². The number of nitrogens with one attached hydrogen (secondary N) is 1. The highest BCUT2D eigenvalue weighted by Gasteiger charge is 2.30. The van der Waals surface area contributed by atoms with Crippen LogP contribution < -0.4 is 5.32 Å². The molecule has 0 spiro atoms. The molecule has 0 aromatic rings. The van der Waals surface area contributed by atoms with E-state index in [1.54, 1.807) is 0 Å². The van der Waals surface area contributed by atoms with Crippen molar-refractivity contribution in [3.05, 3.63) is 0 Å². The standard InChI is InChI=1S/C11H24BNO/c1-11(2,3)12-7-4-5-8-13-9-6-10-14-12/h13H,4-10H2,1-3H3. The van der Waals surface area contributed by atoms with Crippen LogP contribution in [0.3, 0.4) is 0 Å². The number of rotatable bonds is 0. The Morgan fingerprint density at radius 2 is 1.79 bits per heavy atom. The van der Waals surface area contributed by atoms with E-state index < -0.39 is 0 Å². The highest BCUT2D eigenvalue weighted by atomic mass is 16.4. The van der Waals surface area contributed by atoms with Crippen LogP contribution in [0.15, 0.2) is 0 Å². The van der Waals surface area contributed by atoms with E-state index >= 15 is 0 Å². The van der Waals surface area contributed by atoms with Gasteiger partial charge in [0.1, 0.15) is 0 Å². The molecule has 1 heterocycles. The molecule has 0 aliphatic carbocycles. The van der Waals surface area contributed by atoms with Crippen molar-refractivity contribution in [2.45, 2.75) is 51.7 Å². The Hall–Kier alpha value is -0.0151. The summed E-state index contributed by atoms with van der Waals surface area (Å²) in [5.41, 5.74) is 0. The van der Waals surface area contributed by atoms with Crippen molar-refractivity contribution in [1.82, 2.24) is 5.32 Å². The fourth-order valence-electron chi connectivity index (χ4n) is 1.89. The summed E-state index contributed by atoms with van der Waals surface area (Å²) in [4.78, 5) is 0. The van der Waals surface area contributed by atoms with E-state index in [-0.39, 0.29) is 0 Å². The lowest BCUT2D eigenvalue weighted by Gasteiger charge is -2.28. The van der Waals surface area contributed by atoms with Gasteiger partial charge >= 0.3 is 0 Å². The zero-order valence-electron chi connectivity index (χ0n) is 9.94. The molecule has 82 valence electrons. The summed E-state index contributed by atoms with van der Waals surface area (Å²) in [6.45, 7) is 10.5. The van der Waals surface area contributed by atoms with Gasteiger partial charge in [0.25, 0.3) is 6.92 Å². The molecule has 2 nitrogen and oxygen atoms in total. The summed E-state index contributed by atoms with van der Waals surface area (Å²) in [7, 11) is 0. The van der Waals surface area contributed by atoms with Crippen LogP contribution in [0.1, 0.15) is 40.0 Å². The molecule has 1 saturated heterocycles. The van der Waals surface area contributed by atoms with E-state index in [9.17, 15) is 0 Å². The molecule has 0 bridgehead atoms. The van der Waals surface area contributed by atoms with Crippen LogP contribution in [-0.4, -0.2) is 26.6 Å². The van der Waals surface area contributed by atoms with Crippen molar-refractivity contribution >= 4 is 6.92 Å². The minimum atomic E-state index is 0.298. The number of hydrogen-bond acceptors (Lipinski definition) is 2. The zero-order valence-corrected chi connectivity index (χ0v) is 9.94. The molecule has 1 N–H and O–H groups in total. The van der Waals surface area contributed by atoms with Gasteiger partial charge in [-0.1, -0.05) is 27.2 Å². The second kappa shape index (κ2) is 5.77.